The highest BCUT2D eigenvalue weighted by Gasteiger charge is 2.60. The molecule has 0 saturated heterocycles. The van der Waals surface area contributed by atoms with Crippen LogP contribution in [0.5, 0.6) is 0 Å². The summed E-state index contributed by atoms with van der Waals surface area (Å²) >= 11 is 2.11. The molecule has 0 amide bonds. The molecule has 0 spiro atoms. The minimum atomic E-state index is 0.593. The number of fused-ring (bicyclic) bond motifs is 5. The summed E-state index contributed by atoms with van der Waals surface area (Å²) in [6.45, 7) is 10.3. The molecule has 0 aromatic heterocycles. The Morgan fingerprint density at radius 3 is 2.54 bits per heavy atom. The minimum Gasteiger partial charge on any atom is -0.306 e. The van der Waals surface area contributed by atoms with E-state index in [1.807, 2.05) is 0 Å². The Morgan fingerprint density at radius 1 is 1.04 bits per heavy atom. The summed E-state index contributed by atoms with van der Waals surface area (Å²) in [4.78, 5) is 0. The fourth-order valence-electron chi connectivity index (χ4n) is 8.75. The SMILES string of the molecule is CCC[C@@H](C)[C@H]1CC[C@H]2[C@@H]3CCC4C[C](OI)CC[C@]4(C)[C@H]3CC[C@]12C. The molecule has 26 heavy (non-hydrogen) atoms. The van der Waals surface area contributed by atoms with Crippen LogP contribution in [0.25, 0.3) is 0 Å². The molecule has 4 fully saturated rings. The quantitative estimate of drug-likeness (QED) is 0.378. The summed E-state index contributed by atoms with van der Waals surface area (Å²) < 4.78 is 5.66. The van der Waals surface area contributed by atoms with Crippen LogP contribution in [0.4, 0.5) is 0 Å². The van der Waals surface area contributed by atoms with Gasteiger partial charge in [-0.2, -0.15) is 0 Å². The van der Waals surface area contributed by atoms with Crippen LogP contribution >= 0.6 is 23.0 Å². The zero-order valence-corrected chi connectivity index (χ0v) is 19.7. The van der Waals surface area contributed by atoms with Gasteiger partial charge < -0.3 is 3.07 Å². The summed E-state index contributed by atoms with van der Waals surface area (Å²) in [6.07, 6.45) is 17.1. The van der Waals surface area contributed by atoms with E-state index in [1.54, 1.807) is 0 Å². The average molecular weight is 471 g/mol. The second kappa shape index (κ2) is 7.50. The molecule has 2 heteroatoms. The van der Waals surface area contributed by atoms with Crippen molar-refractivity contribution in [3.63, 3.8) is 0 Å². The van der Waals surface area contributed by atoms with Crippen molar-refractivity contribution in [1.29, 1.82) is 0 Å². The van der Waals surface area contributed by atoms with Gasteiger partial charge in [0.2, 0.25) is 0 Å². The van der Waals surface area contributed by atoms with Crippen LogP contribution in [-0.4, -0.2) is 0 Å². The van der Waals surface area contributed by atoms with Gasteiger partial charge in [-0.25, -0.2) is 0 Å². The Morgan fingerprint density at radius 2 is 1.81 bits per heavy atom. The summed E-state index contributed by atoms with van der Waals surface area (Å²) in [5, 5.41) is 0. The first-order chi connectivity index (χ1) is 12.4. The molecule has 0 aromatic rings. The average Bonchev–Trinajstić information content (AvgIpc) is 2.98. The van der Waals surface area contributed by atoms with Gasteiger partial charge in [0.15, 0.2) is 0 Å². The maximum absolute atomic E-state index is 5.66. The zero-order valence-electron chi connectivity index (χ0n) is 17.5. The molecule has 149 valence electrons. The van der Waals surface area contributed by atoms with Crippen molar-refractivity contribution in [2.45, 2.75) is 98.3 Å². The van der Waals surface area contributed by atoms with Crippen molar-refractivity contribution >= 4 is 23.0 Å². The van der Waals surface area contributed by atoms with E-state index in [-0.39, 0.29) is 0 Å². The standard InChI is InChI=1S/C24H40IO/c1-5-6-16(2)20-9-10-21-19-8-7-17-15-18(26-25)11-13-23(17,3)22(19)12-14-24(20,21)4/h16-17,19-22H,5-15H2,1-4H3/t16-,17?,19+,20-,21+,22+,23+,24-/m1/s1. The van der Waals surface area contributed by atoms with E-state index in [4.69, 9.17) is 3.07 Å². The Hall–Kier alpha value is 0.690. The number of halogens is 1. The molecule has 4 saturated carbocycles. The lowest BCUT2D eigenvalue weighted by molar-refractivity contribution is -0.115. The summed E-state index contributed by atoms with van der Waals surface area (Å²) in [5.74, 6) is 5.87. The van der Waals surface area contributed by atoms with Gasteiger partial charge in [-0.15, -0.1) is 0 Å². The second-order valence-corrected chi connectivity index (χ2v) is 11.4. The third-order valence-electron chi connectivity index (χ3n) is 10.1. The Bertz CT molecular complexity index is 506. The summed E-state index contributed by atoms with van der Waals surface area (Å²) in [6, 6.07) is 0. The van der Waals surface area contributed by atoms with Crippen molar-refractivity contribution in [1.82, 2.24) is 0 Å². The molecule has 0 N–H and O–H groups in total. The van der Waals surface area contributed by atoms with Crippen LogP contribution in [0.2, 0.25) is 0 Å². The fourth-order valence-corrected chi connectivity index (χ4v) is 9.15. The van der Waals surface area contributed by atoms with Gasteiger partial charge in [-0.1, -0.05) is 40.5 Å². The lowest BCUT2D eigenvalue weighted by atomic mass is 9.44. The smallest absolute Gasteiger partial charge is 0.111 e. The van der Waals surface area contributed by atoms with E-state index < -0.39 is 0 Å². The highest BCUT2D eigenvalue weighted by atomic mass is 127. The maximum Gasteiger partial charge on any atom is 0.111 e. The van der Waals surface area contributed by atoms with E-state index in [0.29, 0.717) is 10.8 Å². The molecule has 8 atom stereocenters. The zero-order chi connectivity index (χ0) is 18.5. The van der Waals surface area contributed by atoms with Crippen LogP contribution in [-0.2, 0) is 3.07 Å². The van der Waals surface area contributed by atoms with Gasteiger partial charge in [-0.05, 0) is 104 Å². The first-order valence-electron chi connectivity index (χ1n) is 11.6. The molecule has 0 heterocycles. The highest BCUT2D eigenvalue weighted by molar-refractivity contribution is 14.1. The Kier molecular flexibility index (Phi) is 5.77. The monoisotopic (exact) mass is 471 g/mol. The van der Waals surface area contributed by atoms with E-state index in [9.17, 15) is 0 Å². The lowest BCUT2D eigenvalue weighted by Crippen LogP contribution is -2.53. The van der Waals surface area contributed by atoms with Crippen molar-refractivity contribution in [3.8, 4) is 0 Å². The normalized spacial score (nSPS) is 50.0. The molecule has 4 rings (SSSR count). The third kappa shape index (κ3) is 3.02. The van der Waals surface area contributed by atoms with Crippen LogP contribution in [0, 0.1) is 52.4 Å². The molecular formula is C24H40IO. The number of rotatable bonds is 4. The van der Waals surface area contributed by atoms with Gasteiger partial charge in [0.25, 0.3) is 0 Å². The van der Waals surface area contributed by atoms with Crippen LogP contribution in [0.1, 0.15) is 98.3 Å². The topological polar surface area (TPSA) is 9.23 Å². The van der Waals surface area contributed by atoms with Crippen LogP contribution < -0.4 is 0 Å². The van der Waals surface area contributed by atoms with E-state index in [2.05, 4.69) is 50.7 Å². The van der Waals surface area contributed by atoms with Gasteiger partial charge in [-0.3, -0.25) is 0 Å². The predicted octanol–water partition coefficient (Wildman–Crippen LogP) is 7.98. The van der Waals surface area contributed by atoms with Gasteiger partial charge in [0.05, 0.1) is 0 Å². The van der Waals surface area contributed by atoms with E-state index >= 15 is 0 Å². The van der Waals surface area contributed by atoms with Gasteiger partial charge in [0.1, 0.15) is 29.1 Å². The maximum atomic E-state index is 5.66. The van der Waals surface area contributed by atoms with Crippen molar-refractivity contribution in [2.24, 2.45) is 46.3 Å². The Balaban J connectivity index is 1.54. The van der Waals surface area contributed by atoms with Crippen molar-refractivity contribution in [3.05, 3.63) is 6.10 Å². The second-order valence-electron chi connectivity index (χ2n) is 11.0. The molecule has 0 aliphatic heterocycles. The third-order valence-corrected chi connectivity index (χ3v) is 10.7. The van der Waals surface area contributed by atoms with Gasteiger partial charge >= 0.3 is 0 Å². The summed E-state index contributed by atoms with van der Waals surface area (Å²) in [7, 11) is 0. The largest absolute Gasteiger partial charge is 0.306 e. The predicted molar refractivity (Wildman–Crippen MR) is 118 cm³/mol. The number of hydrogen-bond acceptors (Lipinski definition) is 1. The Labute approximate surface area is 176 Å². The molecule has 1 radical (unpaired) electrons. The lowest BCUT2D eigenvalue weighted by Gasteiger charge is -2.61. The highest BCUT2D eigenvalue weighted by Crippen LogP contribution is 2.68. The van der Waals surface area contributed by atoms with Crippen LogP contribution in [0.3, 0.4) is 0 Å². The number of hydrogen-bond donors (Lipinski definition) is 0. The first kappa shape index (κ1) is 20.0. The van der Waals surface area contributed by atoms with Crippen molar-refractivity contribution < 1.29 is 3.07 Å². The van der Waals surface area contributed by atoms with Gasteiger partial charge in [0, 0.05) is 0 Å². The molecule has 0 aromatic carbocycles. The van der Waals surface area contributed by atoms with Crippen LogP contribution in [0.15, 0.2) is 0 Å². The first-order valence-corrected chi connectivity index (χ1v) is 12.5. The van der Waals surface area contributed by atoms with E-state index in [1.165, 1.54) is 76.7 Å². The molecule has 1 unspecified atom stereocenters. The summed E-state index contributed by atoms with van der Waals surface area (Å²) in [5.41, 5.74) is 1.24. The van der Waals surface area contributed by atoms with Crippen molar-refractivity contribution in [2.75, 3.05) is 0 Å². The molecule has 4 aliphatic rings. The minimum absolute atomic E-state index is 0.593. The fraction of sp³-hybridized carbons (Fsp3) is 0.958. The molecule has 1 nitrogen and oxygen atoms in total. The molecule has 4 aliphatic carbocycles. The molecule has 0 bridgehead atoms. The van der Waals surface area contributed by atoms with E-state index in [0.717, 1.165) is 35.5 Å². The molecular weight excluding hydrogens is 431 g/mol.